The monoisotopic (exact) mass is 325 g/mol. The van der Waals surface area contributed by atoms with Crippen molar-refractivity contribution in [3.8, 4) is 0 Å². The minimum atomic E-state index is -0.0218. The van der Waals surface area contributed by atoms with E-state index in [1.807, 2.05) is 0 Å². The van der Waals surface area contributed by atoms with E-state index in [1.165, 1.54) is 33.4 Å². The number of fused-ring (bicyclic) bond motifs is 1. The lowest BCUT2D eigenvalue weighted by Crippen LogP contribution is -2.07. The van der Waals surface area contributed by atoms with Crippen molar-refractivity contribution in [2.45, 2.75) is 44.9 Å². The highest BCUT2D eigenvalue weighted by molar-refractivity contribution is 7.81. The van der Waals surface area contributed by atoms with Crippen LogP contribution in [0.25, 0.3) is 5.57 Å². The van der Waals surface area contributed by atoms with Crippen LogP contribution in [-0.2, 0) is 4.75 Å². The molecule has 1 atom stereocenters. The molecule has 2 heteroatoms. The molecule has 2 N–H and O–H groups in total. The smallest absolute Gasteiger partial charge is 0.0341 e. The van der Waals surface area contributed by atoms with Gasteiger partial charge >= 0.3 is 0 Å². The van der Waals surface area contributed by atoms with E-state index in [-0.39, 0.29) is 10.8 Å². The Morgan fingerprint density at radius 3 is 2.30 bits per heavy atom. The Balaban J connectivity index is 0.000000168. The Bertz CT molecular complexity index is 710. The molecule has 0 aromatic heterocycles. The van der Waals surface area contributed by atoms with E-state index < -0.39 is 0 Å². The van der Waals surface area contributed by atoms with Gasteiger partial charge in [0.25, 0.3) is 0 Å². The molecule has 122 valence electrons. The zero-order valence-corrected chi connectivity index (χ0v) is 15.5. The highest BCUT2D eigenvalue weighted by atomic mass is 32.1. The Labute approximate surface area is 146 Å². The fourth-order valence-corrected chi connectivity index (χ4v) is 2.95. The standard InChI is InChI=1S/C11H13N.C10H14S/c1-7-3-4-9-10(5-7)8(2)6-11(9)12;1-8-5-4-6-9(7-8)10(2,3)11/h3-5,11H,2,6,12H2,1H3;4-7,11H,1-3H3. The van der Waals surface area contributed by atoms with Crippen molar-refractivity contribution in [1.82, 2.24) is 0 Å². The van der Waals surface area contributed by atoms with Crippen LogP contribution in [0, 0.1) is 13.8 Å². The summed E-state index contributed by atoms with van der Waals surface area (Å²) in [6.07, 6.45) is 0.915. The van der Waals surface area contributed by atoms with Crippen LogP contribution in [0.5, 0.6) is 0 Å². The third-order valence-electron chi connectivity index (χ3n) is 4.18. The van der Waals surface area contributed by atoms with Crippen LogP contribution in [0.2, 0.25) is 0 Å². The normalized spacial score (nSPS) is 16.6. The number of hydrogen-bond donors (Lipinski definition) is 2. The van der Waals surface area contributed by atoms with Crippen LogP contribution in [-0.4, -0.2) is 0 Å². The molecular weight excluding hydrogens is 298 g/mol. The van der Waals surface area contributed by atoms with Crippen molar-refractivity contribution in [2.24, 2.45) is 5.73 Å². The molecule has 1 nitrogen and oxygen atoms in total. The summed E-state index contributed by atoms with van der Waals surface area (Å²) in [5.74, 6) is 0. The molecule has 23 heavy (non-hydrogen) atoms. The second-order valence-electron chi connectivity index (χ2n) is 6.93. The molecule has 3 rings (SSSR count). The lowest BCUT2D eigenvalue weighted by Gasteiger charge is -2.17. The number of hydrogen-bond acceptors (Lipinski definition) is 2. The lowest BCUT2D eigenvalue weighted by molar-refractivity contribution is 0.783. The molecule has 0 aliphatic heterocycles. The average Bonchev–Trinajstić information content (AvgIpc) is 2.73. The van der Waals surface area contributed by atoms with Gasteiger partial charge in [0.05, 0.1) is 0 Å². The number of rotatable bonds is 1. The van der Waals surface area contributed by atoms with Crippen LogP contribution in [0.3, 0.4) is 0 Å². The van der Waals surface area contributed by atoms with Crippen molar-refractivity contribution in [3.05, 3.63) is 76.9 Å². The summed E-state index contributed by atoms with van der Waals surface area (Å²) < 4.78 is -0.0218. The zero-order valence-electron chi connectivity index (χ0n) is 14.6. The van der Waals surface area contributed by atoms with E-state index in [2.05, 4.69) is 89.4 Å². The quantitative estimate of drug-likeness (QED) is 0.658. The minimum absolute atomic E-state index is 0.0218. The Kier molecular flexibility index (Phi) is 5.38. The van der Waals surface area contributed by atoms with Crippen molar-refractivity contribution >= 4 is 18.2 Å². The molecule has 1 unspecified atom stereocenters. The van der Waals surface area contributed by atoms with Gasteiger partial charge in [0.15, 0.2) is 0 Å². The first-order valence-electron chi connectivity index (χ1n) is 8.02. The Morgan fingerprint density at radius 2 is 1.74 bits per heavy atom. The van der Waals surface area contributed by atoms with E-state index in [1.54, 1.807) is 0 Å². The summed E-state index contributed by atoms with van der Waals surface area (Å²) in [5, 5.41) is 0. The lowest BCUT2D eigenvalue weighted by atomic mass is 10.0. The summed E-state index contributed by atoms with van der Waals surface area (Å²) in [4.78, 5) is 0. The average molecular weight is 326 g/mol. The van der Waals surface area contributed by atoms with Crippen LogP contribution in [0.1, 0.15) is 54.1 Å². The predicted molar refractivity (Wildman–Crippen MR) is 105 cm³/mol. The second-order valence-corrected chi connectivity index (χ2v) is 8.05. The number of nitrogens with two attached hydrogens (primary N) is 1. The Hall–Kier alpha value is -1.51. The van der Waals surface area contributed by atoms with Crippen LogP contribution in [0.4, 0.5) is 0 Å². The molecular formula is C21H27NS. The predicted octanol–water partition coefficient (Wildman–Crippen LogP) is 5.57. The van der Waals surface area contributed by atoms with Gasteiger partial charge in [-0.1, -0.05) is 60.2 Å². The highest BCUT2D eigenvalue weighted by Gasteiger charge is 2.21. The van der Waals surface area contributed by atoms with Gasteiger partial charge in [-0.2, -0.15) is 12.6 Å². The van der Waals surface area contributed by atoms with Crippen molar-refractivity contribution in [1.29, 1.82) is 0 Å². The molecule has 1 aliphatic rings. The third kappa shape index (κ3) is 4.49. The molecule has 0 radical (unpaired) electrons. The molecule has 1 aliphatic carbocycles. The van der Waals surface area contributed by atoms with E-state index in [9.17, 15) is 0 Å². The number of aryl methyl sites for hydroxylation is 2. The molecule has 0 saturated carbocycles. The van der Waals surface area contributed by atoms with Gasteiger partial charge in [-0.05, 0) is 56.4 Å². The van der Waals surface area contributed by atoms with Crippen molar-refractivity contribution < 1.29 is 0 Å². The van der Waals surface area contributed by atoms with Crippen LogP contribution < -0.4 is 5.73 Å². The third-order valence-corrected chi connectivity index (χ3v) is 4.44. The molecule has 0 fully saturated rings. The zero-order chi connectivity index (χ0) is 17.2. The summed E-state index contributed by atoms with van der Waals surface area (Å²) >= 11 is 4.49. The van der Waals surface area contributed by atoms with Gasteiger partial charge < -0.3 is 5.73 Å². The fraction of sp³-hybridized carbons (Fsp3) is 0.333. The van der Waals surface area contributed by atoms with Gasteiger partial charge in [0, 0.05) is 10.8 Å². The van der Waals surface area contributed by atoms with E-state index in [0.717, 1.165) is 6.42 Å². The van der Waals surface area contributed by atoms with Gasteiger partial charge in [-0.3, -0.25) is 0 Å². The maximum atomic E-state index is 5.93. The van der Waals surface area contributed by atoms with Crippen LogP contribution >= 0.6 is 12.6 Å². The molecule has 0 bridgehead atoms. The Morgan fingerprint density at radius 1 is 1.09 bits per heavy atom. The van der Waals surface area contributed by atoms with Gasteiger partial charge in [0.1, 0.15) is 0 Å². The van der Waals surface area contributed by atoms with E-state index in [0.29, 0.717) is 0 Å². The topological polar surface area (TPSA) is 26.0 Å². The molecule has 0 amide bonds. The summed E-state index contributed by atoms with van der Waals surface area (Å²) in [6, 6.07) is 15.0. The fourth-order valence-electron chi connectivity index (χ4n) is 2.81. The summed E-state index contributed by atoms with van der Waals surface area (Å²) in [6.45, 7) is 12.4. The van der Waals surface area contributed by atoms with Gasteiger partial charge in [0.2, 0.25) is 0 Å². The van der Waals surface area contributed by atoms with Crippen molar-refractivity contribution in [3.63, 3.8) is 0 Å². The molecule has 2 aromatic carbocycles. The first-order chi connectivity index (χ1) is 10.7. The maximum Gasteiger partial charge on any atom is 0.0341 e. The number of thiol groups is 1. The highest BCUT2D eigenvalue weighted by Crippen LogP contribution is 2.37. The largest absolute Gasteiger partial charge is 0.324 e. The first kappa shape index (κ1) is 17.8. The van der Waals surface area contributed by atoms with Crippen molar-refractivity contribution in [2.75, 3.05) is 0 Å². The maximum absolute atomic E-state index is 5.93. The SMILES string of the molecule is C=C1CC(N)c2ccc(C)cc21.Cc1cccc(C(C)(C)S)c1. The number of benzene rings is 2. The summed E-state index contributed by atoms with van der Waals surface area (Å²) in [7, 11) is 0. The molecule has 0 saturated heterocycles. The minimum Gasteiger partial charge on any atom is -0.324 e. The molecule has 0 spiro atoms. The van der Waals surface area contributed by atoms with E-state index >= 15 is 0 Å². The van der Waals surface area contributed by atoms with Crippen LogP contribution in [0.15, 0.2) is 49.0 Å². The summed E-state index contributed by atoms with van der Waals surface area (Å²) in [5.41, 5.74) is 13.5. The van der Waals surface area contributed by atoms with Gasteiger partial charge in [-0.15, -0.1) is 0 Å². The van der Waals surface area contributed by atoms with Gasteiger partial charge in [-0.25, -0.2) is 0 Å². The van der Waals surface area contributed by atoms with E-state index in [4.69, 9.17) is 5.73 Å². The molecule has 2 aromatic rings. The first-order valence-corrected chi connectivity index (χ1v) is 8.47. The second kappa shape index (κ2) is 6.94. The molecule has 0 heterocycles.